The van der Waals surface area contributed by atoms with Gasteiger partial charge in [-0.25, -0.2) is 4.98 Å². The van der Waals surface area contributed by atoms with E-state index in [2.05, 4.69) is 29.2 Å². The fourth-order valence-corrected chi connectivity index (χ4v) is 2.68. The highest BCUT2D eigenvalue weighted by Crippen LogP contribution is 2.24. The molecule has 3 aromatic rings. The lowest BCUT2D eigenvalue weighted by Gasteiger charge is -2.02. The Balaban J connectivity index is 1.69. The van der Waals surface area contributed by atoms with Crippen LogP contribution in [0, 0.1) is 0 Å². The van der Waals surface area contributed by atoms with Crippen LogP contribution >= 0.6 is 0 Å². The van der Waals surface area contributed by atoms with Gasteiger partial charge in [0, 0.05) is 12.8 Å². The Morgan fingerprint density at radius 3 is 2.36 bits per heavy atom. The molecule has 25 heavy (non-hydrogen) atoms. The molecular formula is C21H23NO3. The highest BCUT2D eigenvalue weighted by atomic mass is 16.6. The summed E-state index contributed by atoms with van der Waals surface area (Å²) in [6.07, 6.45) is 2.31. The number of benzene rings is 2. The highest BCUT2D eigenvalue weighted by molar-refractivity contribution is 5.29. The van der Waals surface area contributed by atoms with Crippen LogP contribution in [0.5, 0.6) is 11.7 Å². The fraction of sp³-hybridized carbons (Fsp3) is 0.286. The molecule has 0 radical (unpaired) electrons. The molecule has 4 heteroatoms. The van der Waals surface area contributed by atoms with Crippen LogP contribution in [0.3, 0.4) is 0 Å². The Hall–Kier alpha value is -2.75. The van der Waals surface area contributed by atoms with E-state index in [1.807, 2.05) is 37.3 Å². The Labute approximate surface area is 148 Å². The van der Waals surface area contributed by atoms with E-state index in [4.69, 9.17) is 13.9 Å². The Bertz CT molecular complexity index is 779. The van der Waals surface area contributed by atoms with E-state index in [-0.39, 0.29) is 0 Å². The first kappa shape index (κ1) is 17.1. The van der Waals surface area contributed by atoms with Crippen molar-refractivity contribution in [1.29, 1.82) is 0 Å². The largest absolute Gasteiger partial charge is 0.497 e. The van der Waals surface area contributed by atoms with Crippen molar-refractivity contribution in [2.24, 2.45) is 0 Å². The monoisotopic (exact) mass is 337 g/mol. The van der Waals surface area contributed by atoms with Gasteiger partial charge in [0.2, 0.25) is 0 Å². The number of aryl methyl sites for hydroxylation is 2. The molecule has 0 atom stereocenters. The molecule has 0 aliphatic heterocycles. The second-order valence-corrected chi connectivity index (χ2v) is 5.79. The molecule has 0 unspecified atom stereocenters. The summed E-state index contributed by atoms with van der Waals surface area (Å²) in [7, 11) is 1.67. The van der Waals surface area contributed by atoms with Crippen molar-refractivity contribution in [3.63, 3.8) is 0 Å². The van der Waals surface area contributed by atoms with Crippen LogP contribution < -0.4 is 9.47 Å². The van der Waals surface area contributed by atoms with Gasteiger partial charge in [0.15, 0.2) is 5.89 Å². The summed E-state index contributed by atoms with van der Waals surface area (Å²) in [6.45, 7) is 2.51. The molecule has 0 amide bonds. The predicted octanol–water partition coefficient (Wildman–Crippen LogP) is 4.46. The van der Waals surface area contributed by atoms with Crippen molar-refractivity contribution < 1.29 is 13.9 Å². The lowest BCUT2D eigenvalue weighted by molar-refractivity contribution is 0.247. The van der Waals surface area contributed by atoms with Crippen LogP contribution in [-0.2, 0) is 19.3 Å². The Kier molecular flexibility index (Phi) is 5.73. The summed E-state index contributed by atoms with van der Waals surface area (Å²) < 4.78 is 16.6. The second-order valence-electron chi connectivity index (χ2n) is 5.79. The second kappa shape index (κ2) is 8.38. The first-order valence-electron chi connectivity index (χ1n) is 8.56. The van der Waals surface area contributed by atoms with Crippen LogP contribution in [0.25, 0.3) is 0 Å². The van der Waals surface area contributed by atoms with Gasteiger partial charge in [-0.05, 0) is 36.6 Å². The minimum atomic E-state index is 0.538. The number of nitrogens with zero attached hydrogens (tertiary/aromatic N) is 1. The first-order valence-corrected chi connectivity index (χ1v) is 8.56. The van der Waals surface area contributed by atoms with Gasteiger partial charge in [0.25, 0.3) is 0 Å². The zero-order valence-corrected chi connectivity index (χ0v) is 14.7. The maximum Gasteiger partial charge on any atom is 0.308 e. The molecule has 0 aliphatic rings. The molecule has 0 aliphatic carbocycles. The smallest absolute Gasteiger partial charge is 0.308 e. The maximum absolute atomic E-state index is 5.84. The SMILES string of the molecule is CCOc1oc(CCc2ccc(OC)cc2)nc1Cc1ccccc1. The third kappa shape index (κ3) is 4.63. The van der Waals surface area contributed by atoms with E-state index in [9.17, 15) is 0 Å². The number of aromatic nitrogens is 1. The molecule has 2 aromatic carbocycles. The average molecular weight is 337 g/mol. The van der Waals surface area contributed by atoms with Gasteiger partial charge >= 0.3 is 5.95 Å². The summed E-state index contributed by atoms with van der Waals surface area (Å²) in [5.41, 5.74) is 3.28. The molecule has 3 rings (SSSR count). The van der Waals surface area contributed by atoms with Crippen LogP contribution in [0.1, 0.15) is 29.6 Å². The summed E-state index contributed by atoms with van der Waals surface area (Å²) in [6, 6.07) is 18.3. The van der Waals surface area contributed by atoms with Gasteiger partial charge < -0.3 is 13.9 Å². The molecule has 1 aromatic heterocycles. The molecule has 0 saturated heterocycles. The van der Waals surface area contributed by atoms with E-state index < -0.39 is 0 Å². The normalized spacial score (nSPS) is 10.6. The molecule has 0 spiro atoms. The van der Waals surface area contributed by atoms with Crippen molar-refractivity contribution in [2.45, 2.75) is 26.2 Å². The third-order valence-electron chi connectivity index (χ3n) is 3.98. The number of hydrogen-bond donors (Lipinski definition) is 0. The van der Waals surface area contributed by atoms with E-state index >= 15 is 0 Å². The van der Waals surface area contributed by atoms with Crippen molar-refractivity contribution in [3.8, 4) is 11.7 Å². The third-order valence-corrected chi connectivity index (χ3v) is 3.98. The van der Waals surface area contributed by atoms with Gasteiger partial charge in [-0.2, -0.15) is 0 Å². The highest BCUT2D eigenvalue weighted by Gasteiger charge is 2.15. The zero-order chi connectivity index (χ0) is 17.5. The van der Waals surface area contributed by atoms with Crippen molar-refractivity contribution >= 4 is 0 Å². The van der Waals surface area contributed by atoms with Gasteiger partial charge in [-0.15, -0.1) is 0 Å². The maximum atomic E-state index is 5.84. The molecule has 0 bridgehead atoms. The van der Waals surface area contributed by atoms with E-state index in [0.29, 0.717) is 24.9 Å². The number of hydrogen-bond acceptors (Lipinski definition) is 4. The van der Waals surface area contributed by atoms with Crippen LogP contribution in [0.4, 0.5) is 0 Å². The summed E-state index contributed by atoms with van der Waals surface area (Å²) in [5.74, 6) is 2.12. The molecule has 0 fully saturated rings. The number of oxazole rings is 1. The molecular weight excluding hydrogens is 314 g/mol. The van der Waals surface area contributed by atoms with E-state index in [1.165, 1.54) is 11.1 Å². The van der Waals surface area contributed by atoms with Crippen LogP contribution in [-0.4, -0.2) is 18.7 Å². The molecule has 130 valence electrons. The summed E-state index contributed by atoms with van der Waals surface area (Å²) in [5, 5.41) is 0. The minimum absolute atomic E-state index is 0.538. The number of rotatable bonds is 8. The van der Waals surface area contributed by atoms with Crippen LogP contribution in [0.15, 0.2) is 59.0 Å². The van der Waals surface area contributed by atoms with E-state index in [0.717, 1.165) is 24.3 Å². The minimum Gasteiger partial charge on any atom is -0.497 e. The average Bonchev–Trinajstić information content (AvgIpc) is 3.03. The molecule has 0 saturated carbocycles. The standard InChI is InChI=1S/C21H23NO3/c1-3-24-21-19(15-17-7-5-4-6-8-17)22-20(25-21)14-11-16-9-12-18(23-2)13-10-16/h4-10,12-13H,3,11,14-15H2,1-2H3. The lowest BCUT2D eigenvalue weighted by Crippen LogP contribution is -1.96. The van der Waals surface area contributed by atoms with Crippen molar-refractivity contribution in [3.05, 3.63) is 77.3 Å². The number of ether oxygens (including phenoxy) is 2. The van der Waals surface area contributed by atoms with Gasteiger partial charge in [-0.1, -0.05) is 42.5 Å². The van der Waals surface area contributed by atoms with Crippen molar-refractivity contribution in [2.75, 3.05) is 13.7 Å². The Morgan fingerprint density at radius 1 is 0.920 bits per heavy atom. The van der Waals surface area contributed by atoms with Crippen LogP contribution in [0.2, 0.25) is 0 Å². The predicted molar refractivity (Wildman–Crippen MR) is 97.3 cm³/mol. The quantitative estimate of drug-likeness (QED) is 0.609. The molecule has 4 nitrogen and oxygen atoms in total. The number of methoxy groups -OCH3 is 1. The Morgan fingerprint density at radius 2 is 1.68 bits per heavy atom. The summed E-state index contributed by atoms with van der Waals surface area (Å²) in [4.78, 5) is 4.66. The fourth-order valence-electron chi connectivity index (χ4n) is 2.68. The van der Waals surface area contributed by atoms with Gasteiger partial charge in [-0.3, -0.25) is 0 Å². The lowest BCUT2D eigenvalue weighted by atomic mass is 10.1. The molecule has 0 N–H and O–H groups in total. The first-order chi connectivity index (χ1) is 12.3. The topological polar surface area (TPSA) is 44.5 Å². The molecule has 1 heterocycles. The summed E-state index contributed by atoms with van der Waals surface area (Å²) >= 11 is 0. The van der Waals surface area contributed by atoms with Gasteiger partial charge in [0.1, 0.15) is 11.4 Å². The van der Waals surface area contributed by atoms with Gasteiger partial charge in [0.05, 0.1) is 13.7 Å². The van der Waals surface area contributed by atoms with Crippen molar-refractivity contribution in [1.82, 2.24) is 4.98 Å². The zero-order valence-electron chi connectivity index (χ0n) is 14.7. The van der Waals surface area contributed by atoms with E-state index in [1.54, 1.807) is 7.11 Å².